The molecule has 1 aliphatic rings. The summed E-state index contributed by atoms with van der Waals surface area (Å²) in [6.07, 6.45) is 0. The highest BCUT2D eigenvalue weighted by atomic mass is 16.3. The van der Waals surface area contributed by atoms with Crippen molar-refractivity contribution in [2.45, 2.75) is 13.8 Å². The molecule has 1 heterocycles. The van der Waals surface area contributed by atoms with Crippen molar-refractivity contribution in [2.24, 2.45) is 0 Å². The molecule has 6 nitrogen and oxygen atoms in total. The van der Waals surface area contributed by atoms with Crippen molar-refractivity contribution in [1.29, 1.82) is 0 Å². The highest BCUT2D eigenvalue weighted by Crippen LogP contribution is 2.27. The lowest BCUT2D eigenvalue weighted by atomic mass is 10.1. The first-order valence-corrected chi connectivity index (χ1v) is 9.11. The van der Waals surface area contributed by atoms with Gasteiger partial charge in [-0.25, -0.2) is 0 Å². The van der Waals surface area contributed by atoms with Crippen molar-refractivity contribution in [3.63, 3.8) is 0 Å². The number of carbonyl (C=O) groups excluding carboxylic acids is 2. The molecular weight excluding hydrogens is 342 g/mol. The highest BCUT2D eigenvalue weighted by Gasteiger charge is 2.22. The van der Waals surface area contributed by atoms with E-state index in [0.29, 0.717) is 31.7 Å². The molecule has 0 bridgehead atoms. The molecular formula is C21H25N3O3. The van der Waals surface area contributed by atoms with Gasteiger partial charge in [0, 0.05) is 31.7 Å². The molecule has 0 saturated carbocycles. The second-order valence-electron chi connectivity index (χ2n) is 6.92. The van der Waals surface area contributed by atoms with E-state index in [0.717, 1.165) is 16.8 Å². The summed E-state index contributed by atoms with van der Waals surface area (Å²) in [5.41, 5.74) is 3.40. The fourth-order valence-corrected chi connectivity index (χ4v) is 3.40. The van der Waals surface area contributed by atoms with Gasteiger partial charge in [-0.05, 0) is 38.1 Å². The molecule has 6 heteroatoms. The third-order valence-electron chi connectivity index (χ3n) is 4.74. The maximum atomic E-state index is 12.4. The highest BCUT2D eigenvalue weighted by molar-refractivity contribution is 5.96. The third-order valence-corrected chi connectivity index (χ3v) is 4.74. The van der Waals surface area contributed by atoms with Gasteiger partial charge in [0.2, 0.25) is 5.91 Å². The molecule has 1 aliphatic heterocycles. The van der Waals surface area contributed by atoms with Crippen molar-refractivity contribution < 1.29 is 14.7 Å². The molecule has 0 unspecified atom stereocenters. The number of aromatic hydroxyl groups is 1. The van der Waals surface area contributed by atoms with E-state index in [1.165, 1.54) is 0 Å². The monoisotopic (exact) mass is 367 g/mol. The van der Waals surface area contributed by atoms with Crippen LogP contribution in [0.1, 0.15) is 21.5 Å². The Bertz CT molecular complexity index is 822. The summed E-state index contributed by atoms with van der Waals surface area (Å²) < 4.78 is 0. The topological polar surface area (TPSA) is 72.9 Å². The van der Waals surface area contributed by atoms with Crippen LogP contribution >= 0.6 is 0 Å². The molecule has 3 rings (SSSR count). The Morgan fingerprint density at radius 3 is 2.26 bits per heavy atom. The van der Waals surface area contributed by atoms with E-state index in [1.54, 1.807) is 17.0 Å². The second kappa shape index (κ2) is 8.12. The quantitative estimate of drug-likeness (QED) is 0.868. The van der Waals surface area contributed by atoms with Gasteiger partial charge in [-0.15, -0.1) is 0 Å². The number of nitrogens with one attached hydrogen (secondary N) is 1. The molecule has 0 aliphatic carbocycles. The summed E-state index contributed by atoms with van der Waals surface area (Å²) >= 11 is 0. The van der Waals surface area contributed by atoms with E-state index >= 15 is 0 Å². The number of para-hydroxylation sites is 2. The molecule has 1 saturated heterocycles. The molecule has 2 aromatic carbocycles. The summed E-state index contributed by atoms with van der Waals surface area (Å²) in [4.78, 5) is 28.5. The lowest BCUT2D eigenvalue weighted by molar-refractivity contribution is -0.130. The standard InChI is InChI=1S/C21H25N3O3/c1-15-11-16(2)13-17(12-15)21(27)22-14-20(26)24-9-7-23(8-10-24)18-5-3-4-6-19(18)25/h3-6,11-13,25H,7-10,14H2,1-2H3,(H,22,27). The van der Waals surface area contributed by atoms with Gasteiger partial charge in [0.1, 0.15) is 5.75 Å². The maximum absolute atomic E-state index is 12.4. The molecule has 0 aromatic heterocycles. The number of aryl methyl sites for hydroxylation is 2. The SMILES string of the molecule is Cc1cc(C)cc(C(=O)NCC(=O)N2CCN(c3ccccc3O)CC2)c1. The number of rotatable bonds is 4. The summed E-state index contributed by atoms with van der Waals surface area (Å²) in [5, 5.41) is 12.7. The van der Waals surface area contributed by atoms with E-state index in [9.17, 15) is 14.7 Å². The number of benzene rings is 2. The van der Waals surface area contributed by atoms with Gasteiger partial charge in [-0.1, -0.05) is 29.3 Å². The third kappa shape index (κ3) is 4.58. The number of amides is 2. The minimum Gasteiger partial charge on any atom is -0.506 e. The number of phenols is 1. The molecule has 0 spiro atoms. The lowest BCUT2D eigenvalue weighted by Gasteiger charge is -2.36. The van der Waals surface area contributed by atoms with Crippen LogP contribution in [0.3, 0.4) is 0 Å². The fourth-order valence-electron chi connectivity index (χ4n) is 3.40. The normalized spacial score (nSPS) is 14.1. The largest absolute Gasteiger partial charge is 0.506 e. The zero-order valence-electron chi connectivity index (χ0n) is 15.7. The Balaban J connectivity index is 1.51. The van der Waals surface area contributed by atoms with E-state index in [2.05, 4.69) is 10.2 Å². The van der Waals surface area contributed by atoms with Crippen molar-refractivity contribution in [3.05, 3.63) is 59.2 Å². The van der Waals surface area contributed by atoms with Crippen LogP contribution in [0.25, 0.3) is 0 Å². The Kier molecular flexibility index (Phi) is 5.64. The average molecular weight is 367 g/mol. The molecule has 0 radical (unpaired) electrons. The van der Waals surface area contributed by atoms with E-state index in [1.807, 2.05) is 44.2 Å². The molecule has 0 atom stereocenters. The van der Waals surface area contributed by atoms with Crippen molar-refractivity contribution in [2.75, 3.05) is 37.6 Å². The summed E-state index contributed by atoms with van der Waals surface area (Å²) in [6, 6.07) is 12.8. The number of hydrogen-bond acceptors (Lipinski definition) is 4. The number of piperazine rings is 1. The van der Waals surface area contributed by atoms with Crippen LogP contribution < -0.4 is 10.2 Å². The van der Waals surface area contributed by atoms with Gasteiger partial charge in [-0.2, -0.15) is 0 Å². The fraction of sp³-hybridized carbons (Fsp3) is 0.333. The Morgan fingerprint density at radius 1 is 1.00 bits per heavy atom. The van der Waals surface area contributed by atoms with Gasteiger partial charge >= 0.3 is 0 Å². The predicted octanol–water partition coefficient (Wildman–Crippen LogP) is 2.09. The zero-order chi connectivity index (χ0) is 19.4. The molecule has 2 N–H and O–H groups in total. The van der Waals surface area contributed by atoms with Gasteiger partial charge in [0.15, 0.2) is 0 Å². The lowest BCUT2D eigenvalue weighted by Crippen LogP contribution is -2.51. The first-order valence-electron chi connectivity index (χ1n) is 9.11. The molecule has 2 aromatic rings. The van der Waals surface area contributed by atoms with E-state index < -0.39 is 0 Å². The number of carbonyl (C=O) groups is 2. The van der Waals surface area contributed by atoms with Crippen LogP contribution in [0.15, 0.2) is 42.5 Å². The minimum atomic E-state index is -0.233. The first kappa shape index (κ1) is 18.8. The summed E-state index contributed by atoms with van der Waals surface area (Å²) in [6.45, 7) is 6.29. The van der Waals surface area contributed by atoms with Gasteiger partial charge < -0.3 is 20.2 Å². The Hall–Kier alpha value is -3.02. The van der Waals surface area contributed by atoms with Crippen molar-refractivity contribution in [1.82, 2.24) is 10.2 Å². The number of nitrogens with zero attached hydrogens (tertiary/aromatic N) is 2. The maximum Gasteiger partial charge on any atom is 0.251 e. The molecule has 142 valence electrons. The summed E-state index contributed by atoms with van der Waals surface area (Å²) in [7, 11) is 0. The van der Waals surface area contributed by atoms with Crippen LogP contribution in [0, 0.1) is 13.8 Å². The smallest absolute Gasteiger partial charge is 0.251 e. The zero-order valence-corrected chi connectivity index (χ0v) is 15.7. The first-order chi connectivity index (χ1) is 12.9. The van der Waals surface area contributed by atoms with Crippen LogP contribution in [-0.2, 0) is 4.79 Å². The molecule has 27 heavy (non-hydrogen) atoms. The number of anilines is 1. The van der Waals surface area contributed by atoms with E-state index in [4.69, 9.17) is 0 Å². The van der Waals surface area contributed by atoms with Crippen LogP contribution in [-0.4, -0.2) is 54.5 Å². The van der Waals surface area contributed by atoms with Crippen LogP contribution in [0.2, 0.25) is 0 Å². The number of phenolic OH excluding ortho intramolecular Hbond substituents is 1. The Morgan fingerprint density at radius 2 is 1.63 bits per heavy atom. The number of hydrogen-bond donors (Lipinski definition) is 2. The molecule has 1 fully saturated rings. The van der Waals surface area contributed by atoms with Crippen LogP contribution in [0.5, 0.6) is 5.75 Å². The minimum absolute atomic E-state index is 0.0115. The van der Waals surface area contributed by atoms with Crippen molar-refractivity contribution >= 4 is 17.5 Å². The predicted molar refractivity (Wildman–Crippen MR) is 105 cm³/mol. The van der Waals surface area contributed by atoms with Gasteiger partial charge in [-0.3, -0.25) is 9.59 Å². The van der Waals surface area contributed by atoms with Crippen molar-refractivity contribution in [3.8, 4) is 5.75 Å². The van der Waals surface area contributed by atoms with Gasteiger partial charge in [0.05, 0.1) is 12.2 Å². The Labute approximate surface area is 159 Å². The average Bonchev–Trinajstić information content (AvgIpc) is 2.65. The van der Waals surface area contributed by atoms with Gasteiger partial charge in [0.25, 0.3) is 5.91 Å². The van der Waals surface area contributed by atoms with Crippen LogP contribution in [0.4, 0.5) is 5.69 Å². The van der Waals surface area contributed by atoms with E-state index in [-0.39, 0.29) is 24.1 Å². The molecule has 2 amide bonds. The summed E-state index contributed by atoms with van der Waals surface area (Å²) in [5.74, 6) is -0.0781. The second-order valence-corrected chi connectivity index (χ2v) is 6.92.